The van der Waals surface area contributed by atoms with Crippen molar-refractivity contribution in [1.82, 2.24) is 0 Å². The second kappa shape index (κ2) is 7.53. The van der Waals surface area contributed by atoms with Crippen molar-refractivity contribution in [2.45, 2.75) is 19.9 Å². The molecule has 3 nitrogen and oxygen atoms in total. The van der Waals surface area contributed by atoms with E-state index in [1.54, 1.807) is 17.4 Å². The maximum absolute atomic E-state index is 10.2. The van der Waals surface area contributed by atoms with E-state index in [0.717, 1.165) is 29.2 Å². The molecule has 2 rings (SSSR count). The summed E-state index contributed by atoms with van der Waals surface area (Å²) in [5.74, 6) is 0.269. The summed E-state index contributed by atoms with van der Waals surface area (Å²) in [7, 11) is 0. The summed E-state index contributed by atoms with van der Waals surface area (Å²) < 4.78 is 0. The van der Waals surface area contributed by atoms with Crippen molar-refractivity contribution in [2.75, 3.05) is 18.0 Å². The van der Waals surface area contributed by atoms with E-state index < -0.39 is 0 Å². The number of nitrogens with two attached hydrogens (primary N) is 1. The van der Waals surface area contributed by atoms with Gasteiger partial charge in [-0.25, -0.2) is 0 Å². The molecule has 1 aromatic heterocycles. The Morgan fingerprint density at radius 1 is 1.25 bits per heavy atom. The molecule has 0 saturated carbocycles. The SMILES string of the molecule is CCN(CC)c1ccc([C@H](N)c2cccs2)c(O)c1.Cl. The van der Waals surface area contributed by atoms with Crippen LogP contribution in [0, 0.1) is 0 Å². The number of aromatic hydroxyl groups is 1. The molecule has 5 heteroatoms. The number of rotatable bonds is 5. The lowest BCUT2D eigenvalue weighted by atomic mass is 10.0. The van der Waals surface area contributed by atoms with Crippen LogP contribution in [-0.2, 0) is 0 Å². The quantitative estimate of drug-likeness (QED) is 0.883. The summed E-state index contributed by atoms with van der Waals surface area (Å²) >= 11 is 1.61. The van der Waals surface area contributed by atoms with Gasteiger partial charge in [0.1, 0.15) is 5.75 Å². The Balaban J connectivity index is 0.00000200. The molecule has 0 fully saturated rings. The topological polar surface area (TPSA) is 49.5 Å². The van der Waals surface area contributed by atoms with Crippen molar-refractivity contribution in [3.8, 4) is 5.75 Å². The normalized spacial score (nSPS) is 11.8. The van der Waals surface area contributed by atoms with E-state index in [-0.39, 0.29) is 24.2 Å². The number of halogens is 1. The van der Waals surface area contributed by atoms with Crippen LogP contribution < -0.4 is 10.6 Å². The van der Waals surface area contributed by atoms with Crippen LogP contribution >= 0.6 is 23.7 Å². The molecule has 1 atom stereocenters. The van der Waals surface area contributed by atoms with Crippen LogP contribution in [0.4, 0.5) is 5.69 Å². The third-order valence-corrected chi connectivity index (χ3v) is 4.28. The largest absolute Gasteiger partial charge is 0.508 e. The molecule has 1 aromatic carbocycles. The van der Waals surface area contributed by atoms with Gasteiger partial charge in [0.25, 0.3) is 0 Å². The standard InChI is InChI=1S/C15H20N2OS.ClH/c1-3-17(4-2)11-7-8-12(13(18)10-11)15(16)14-6-5-9-19-14;/h5-10,15,18H,3-4,16H2,1-2H3;1H/t15-;/m0./s1. The molecule has 2 aromatic rings. The minimum absolute atomic E-state index is 0. The van der Waals surface area contributed by atoms with E-state index in [1.807, 2.05) is 29.6 Å². The number of phenolic OH excluding ortho intramolecular Hbond substituents is 1. The predicted octanol–water partition coefficient (Wildman–Crippen LogP) is 3.77. The second-order valence-electron chi connectivity index (χ2n) is 4.41. The Morgan fingerprint density at radius 3 is 2.45 bits per heavy atom. The summed E-state index contributed by atoms with van der Waals surface area (Å²) in [5.41, 5.74) is 8.00. The lowest BCUT2D eigenvalue weighted by Crippen LogP contribution is -2.21. The maximum Gasteiger partial charge on any atom is 0.122 e. The smallest absolute Gasteiger partial charge is 0.122 e. The number of benzene rings is 1. The van der Waals surface area contributed by atoms with Crippen molar-refractivity contribution in [1.29, 1.82) is 0 Å². The first-order chi connectivity index (χ1) is 9.17. The average molecular weight is 313 g/mol. The zero-order valence-corrected chi connectivity index (χ0v) is 13.4. The van der Waals surface area contributed by atoms with Crippen LogP contribution in [0.25, 0.3) is 0 Å². The number of anilines is 1. The summed E-state index contributed by atoms with van der Waals surface area (Å²) in [4.78, 5) is 3.26. The summed E-state index contributed by atoms with van der Waals surface area (Å²) in [6.45, 7) is 6.05. The lowest BCUT2D eigenvalue weighted by molar-refractivity contribution is 0.465. The number of hydrogen-bond donors (Lipinski definition) is 2. The van der Waals surface area contributed by atoms with Gasteiger partial charge in [0, 0.05) is 35.3 Å². The van der Waals surface area contributed by atoms with E-state index in [1.165, 1.54) is 0 Å². The van der Waals surface area contributed by atoms with E-state index in [2.05, 4.69) is 18.7 Å². The first kappa shape index (κ1) is 16.8. The van der Waals surface area contributed by atoms with Crippen molar-refractivity contribution in [3.05, 3.63) is 46.2 Å². The van der Waals surface area contributed by atoms with Gasteiger partial charge in [-0.05, 0) is 31.4 Å². The average Bonchev–Trinajstić information content (AvgIpc) is 2.93. The van der Waals surface area contributed by atoms with Gasteiger partial charge in [0.05, 0.1) is 6.04 Å². The molecule has 0 spiro atoms. The summed E-state index contributed by atoms with van der Waals surface area (Å²) in [6.07, 6.45) is 0. The Bertz CT molecular complexity index is 527. The molecule has 0 amide bonds. The fraction of sp³-hybridized carbons (Fsp3) is 0.333. The Kier molecular flexibility index (Phi) is 6.33. The van der Waals surface area contributed by atoms with E-state index >= 15 is 0 Å². The fourth-order valence-electron chi connectivity index (χ4n) is 2.20. The van der Waals surface area contributed by atoms with Gasteiger partial charge in [0.2, 0.25) is 0 Å². The van der Waals surface area contributed by atoms with Gasteiger partial charge in [0.15, 0.2) is 0 Å². The molecule has 0 radical (unpaired) electrons. The molecule has 0 aliphatic heterocycles. The molecular weight excluding hydrogens is 292 g/mol. The van der Waals surface area contributed by atoms with Gasteiger partial charge in [-0.1, -0.05) is 12.1 Å². The zero-order valence-electron chi connectivity index (χ0n) is 11.7. The van der Waals surface area contributed by atoms with Crippen molar-refractivity contribution in [2.24, 2.45) is 5.73 Å². The van der Waals surface area contributed by atoms with E-state index in [9.17, 15) is 5.11 Å². The monoisotopic (exact) mass is 312 g/mol. The fourth-order valence-corrected chi connectivity index (χ4v) is 2.95. The van der Waals surface area contributed by atoms with Gasteiger partial charge < -0.3 is 15.7 Å². The van der Waals surface area contributed by atoms with E-state index in [4.69, 9.17) is 5.73 Å². The number of thiophene rings is 1. The molecule has 110 valence electrons. The molecule has 0 aliphatic carbocycles. The number of hydrogen-bond acceptors (Lipinski definition) is 4. The van der Waals surface area contributed by atoms with Gasteiger partial charge in [-0.2, -0.15) is 0 Å². The van der Waals surface area contributed by atoms with Crippen molar-refractivity contribution < 1.29 is 5.11 Å². The third-order valence-electron chi connectivity index (χ3n) is 3.33. The van der Waals surface area contributed by atoms with Crippen molar-refractivity contribution in [3.63, 3.8) is 0 Å². The highest BCUT2D eigenvalue weighted by Gasteiger charge is 2.15. The summed E-state index contributed by atoms with van der Waals surface area (Å²) in [6, 6.07) is 9.46. The van der Waals surface area contributed by atoms with Crippen LogP contribution in [0.15, 0.2) is 35.7 Å². The Hall–Kier alpha value is -1.23. The Morgan fingerprint density at radius 2 is 1.95 bits per heavy atom. The molecule has 3 N–H and O–H groups in total. The predicted molar refractivity (Wildman–Crippen MR) is 89.3 cm³/mol. The molecule has 0 aliphatic rings. The molecule has 1 heterocycles. The summed E-state index contributed by atoms with van der Waals surface area (Å²) in [5, 5.41) is 12.2. The van der Waals surface area contributed by atoms with Crippen LogP contribution in [0.3, 0.4) is 0 Å². The minimum Gasteiger partial charge on any atom is -0.508 e. The first-order valence-corrected chi connectivity index (χ1v) is 7.42. The van der Waals surface area contributed by atoms with Crippen LogP contribution in [0.2, 0.25) is 0 Å². The molecule has 0 bridgehead atoms. The third kappa shape index (κ3) is 3.45. The van der Waals surface area contributed by atoms with Crippen LogP contribution in [0.1, 0.15) is 30.3 Å². The second-order valence-corrected chi connectivity index (χ2v) is 5.39. The van der Waals surface area contributed by atoms with Crippen LogP contribution in [-0.4, -0.2) is 18.2 Å². The van der Waals surface area contributed by atoms with Crippen molar-refractivity contribution >= 4 is 29.4 Å². The maximum atomic E-state index is 10.2. The number of phenols is 1. The minimum atomic E-state index is -0.259. The lowest BCUT2D eigenvalue weighted by Gasteiger charge is -2.22. The highest BCUT2D eigenvalue weighted by atomic mass is 35.5. The number of nitrogens with zero attached hydrogens (tertiary/aromatic N) is 1. The van der Waals surface area contributed by atoms with Gasteiger partial charge >= 0.3 is 0 Å². The Labute approximate surface area is 130 Å². The van der Waals surface area contributed by atoms with E-state index in [0.29, 0.717) is 0 Å². The highest BCUT2D eigenvalue weighted by molar-refractivity contribution is 7.10. The van der Waals surface area contributed by atoms with Gasteiger partial charge in [-0.15, -0.1) is 23.7 Å². The molecule has 0 unspecified atom stereocenters. The molecule has 0 saturated heterocycles. The molecule has 20 heavy (non-hydrogen) atoms. The highest BCUT2D eigenvalue weighted by Crippen LogP contribution is 2.32. The van der Waals surface area contributed by atoms with Gasteiger partial charge in [-0.3, -0.25) is 0 Å². The zero-order chi connectivity index (χ0) is 13.8. The molecular formula is C15H21ClN2OS. The van der Waals surface area contributed by atoms with Crippen LogP contribution in [0.5, 0.6) is 5.75 Å². The first-order valence-electron chi connectivity index (χ1n) is 6.54.